The molecule has 1 saturated carbocycles. The maximum atomic E-state index is 11.8. The number of ether oxygens (including phenoxy) is 1. The van der Waals surface area contributed by atoms with Gasteiger partial charge in [0.1, 0.15) is 0 Å². The fraction of sp³-hybridized carbons (Fsp3) is 0.833. The van der Waals surface area contributed by atoms with Crippen LogP contribution < -0.4 is 0 Å². The Bertz CT molecular complexity index is 349. The lowest BCUT2D eigenvalue weighted by Crippen LogP contribution is -2.44. The first-order valence-electron chi connectivity index (χ1n) is 6.03. The topological polar surface area (TPSA) is 53.3 Å². The summed E-state index contributed by atoms with van der Waals surface area (Å²) in [5.74, 6) is -0.0525. The highest BCUT2D eigenvalue weighted by molar-refractivity contribution is 7.81. The minimum absolute atomic E-state index is 0.0525. The molecular formula is C12H18N2O2S. The number of carbonyl (C=O) groups excluding carboxylic acids is 1. The molecule has 94 valence electrons. The monoisotopic (exact) mass is 254 g/mol. The van der Waals surface area contributed by atoms with E-state index in [1.165, 1.54) is 0 Å². The van der Waals surface area contributed by atoms with Crippen LogP contribution in [0.5, 0.6) is 0 Å². The van der Waals surface area contributed by atoms with Crippen molar-refractivity contribution in [2.75, 3.05) is 19.7 Å². The van der Waals surface area contributed by atoms with E-state index >= 15 is 0 Å². The van der Waals surface area contributed by atoms with E-state index in [0.29, 0.717) is 26.1 Å². The summed E-state index contributed by atoms with van der Waals surface area (Å²) in [5.41, 5.74) is 0.223. The van der Waals surface area contributed by atoms with Gasteiger partial charge in [-0.05, 0) is 19.3 Å². The summed E-state index contributed by atoms with van der Waals surface area (Å²) in [6, 6.07) is 2.22. The SMILES string of the molecule is CC1(COC(=O)N2CCC(C#N)C(S)C2)CC1. The summed E-state index contributed by atoms with van der Waals surface area (Å²) in [6.07, 6.45) is 2.73. The van der Waals surface area contributed by atoms with Crippen molar-refractivity contribution in [1.29, 1.82) is 5.26 Å². The lowest BCUT2D eigenvalue weighted by Gasteiger charge is -2.32. The predicted octanol–water partition coefficient (Wildman–Crippen LogP) is 2.07. The number of carbonyl (C=O) groups is 1. The van der Waals surface area contributed by atoms with Gasteiger partial charge in [0.15, 0.2) is 0 Å². The van der Waals surface area contributed by atoms with Gasteiger partial charge in [-0.15, -0.1) is 0 Å². The van der Waals surface area contributed by atoms with Crippen LogP contribution in [0.15, 0.2) is 0 Å². The third kappa shape index (κ3) is 3.06. The van der Waals surface area contributed by atoms with Crippen LogP contribution in [0.2, 0.25) is 0 Å². The van der Waals surface area contributed by atoms with Crippen molar-refractivity contribution in [3.8, 4) is 6.07 Å². The average molecular weight is 254 g/mol. The van der Waals surface area contributed by atoms with Crippen molar-refractivity contribution < 1.29 is 9.53 Å². The van der Waals surface area contributed by atoms with Crippen molar-refractivity contribution in [1.82, 2.24) is 4.90 Å². The largest absolute Gasteiger partial charge is 0.449 e. The summed E-state index contributed by atoms with van der Waals surface area (Å²) < 4.78 is 5.30. The molecular weight excluding hydrogens is 236 g/mol. The fourth-order valence-corrected chi connectivity index (χ4v) is 2.35. The summed E-state index contributed by atoms with van der Waals surface area (Å²) in [6.45, 7) is 3.76. The number of nitriles is 1. The Labute approximate surface area is 107 Å². The molecule has 4 nitrogen and oxygen atoms in total. The van der Waals surface area contributed by atoms with Gasteiger partial charge >= 0.3 is 6.09 Å². The summed E-state index contributed by atoms with van der Waals surface area (Å²) in [5, 5.41) is 8.81. The van der Waals surface area contributed by atoms with Gasteiger partial charge in [0, 0.05) is 23.8 Å². The van der Waals surface area contributed by atoms with Crippen molar-refractivity contribution in [3.05, 3.63) is 0 Å². The summed E-state index contributed by atoms with van der Waals surface area (Å²) >= 11 is 4.36. The average Bonchev–Trinajstić information content (AvgIpc) is 3.05. The van der Waals surface area contributed by atoms with Crippen LogP contribution in [-0.4, -0.2) is 35.9 Å². The third-order valence-corrected chi connectivity index (χ3v) is 4.18. The molecule has 1 aliphatic heterocycles. The first-order valence-corrected chi connectivity index (χ1v) is 6.55. The van der Waals surface area contributed by atoms with Crippen LogP contribution in [0.1, 0.15) is 26.2 Å². The zero-order chi connectivity index (χ0) is 12.5. The van der Waals surface area contributed by atoms with Crippen molar-refractivity contribution >= 4 is 18.7 Å². The number of hydrogen-bond donors (Lipinski definition) is 1. The molecule has 2 aliphatic rings. The minimum Gasteiger partial charge on any atom is -0.449 e. The van der Waals surface area contributed by atoms with Crippen LogP contribution in [0.3, 0.4) is 0 Å². The Kier molecular flexibility index (Phi) is 3.53. The van der Waals surface area contributed by atoms with Gasteiger partial charge in [0.25, 0.3) is 0 Å². The maximum absolute atomic E-state index is 11.8. The van der Waals surface area contributed by atoms with E-state index in [1.54, 1.807) is 4.90 Å². The molecule has 0 aromatic rings. The zero-order valence-corrected chi connectivity index (χ0v) is 10.9. The van der Waals surface area contributed by atoms with E-state index in [2.05, 4.69) is 25.6 Å². The Morgan fingerprint density at radius 1 is 1.65 bits per heavy atom. The predicted molar refractivity (Wildman–Crippen MR) is 66.8 cm³/mol. The highest BCUT2D eigenvalue weighted by atomic mass is 32.1. The van der Waals surface area contributed by atoms with Gasteiger partial charge in [-0.1, -0.05) is 6.92 Å². The van der Waals surface area contributed by atoms with Gasteiger partial charge in [-0.3, -0.25) is 0 Å². The van der Waals surface area contributed by atoms with Crippen LogP contribution in [0.25, 0.3) is 0 Å². The second-order valence-corrected chi connectivity index (χ2v) is 6.07. The molecule has 2 rings (SSSR count). The molecule has 2 atom stereocenters. The molecule has 1 saturated heterocycles. The second kappa shape index (κ2) is 4.77. The normalized spacial score (nSPS) is 30.5. The van der Waals surface area contributed by atoms with Crippen molar-refractivity contribution in [2.45, 2.75) is 31.4 Å². The molecule has 0 spiro atoms. The summed E-state index contributed by atoms with van der Waals surface area (Å²) in [7, 11) is 0. The smallest absolute Gasteiger partial charge is 0.409 e. The number of nitrogens with zero attached hydrogens (tertiary/aromatic N) is 2. The Hall–Kier alpha value is -0.890. The van der Waals surface area contributed by atoms with E-state index in [4.69, 9.17) is 10.00 Å². The van der Waals surface area contributed by atoms with Gasteiger partial charge in [-0.2, -0.15) is 17.9 Å². The number of hydrogen-bond acceptors (Lipinski definition) is 4. The number of thiol groups is 1. The van der Waals surface area contributed by atoms with E-state index < -0.39 is 0 Å². The van der Waals surface area contributed by atoms with Gasteiger partial charge in [0.2, 0.25) is 0 Å². The van der Waals surface area contributed by atoms with E-state index in [9.17, 15) is 4.79 Å². The Balaban J connectivity index is 1.78. The number of likely N-dealkylation sites (tertiary alicyclic amines) is 1. The fourth-order valence-electron chi connectivity index (χ4n) is 1.93. The standard InChI is InChI=1S/C12H18N2O2S/c1-12(3-4-12)8-16-11(15)14-5-2-9(6-13)10(17)7-14/h9-10,17H,2-5,7-8H2,1H3. The highest BCUT2D eigenvalue weighted by Crippen LogP contribution is 2.45. The van der Waals surface area contributed by atoms with E-state index in [1.807, 2.05) is 0 Å². The Morgan fingerprint density at radius 2 is 2.35 bits per heavy atom. The van der Waals surface area contributed by atoms with Crippen LogP contribution in [0, 0.1) is 22.7 Å². The number of amides is 1. The van der Waals surface area contributed by atoms with Gasteiger partial charge in [-0.25, -0.2) is 4.79 Å². The molecule has 0 aromatic heterocycles. The van der Waals surface area contributed by atoms with Gasteiger partial charge < -0.3 is 9.64 Å². The first-order chi connectivity index (χ1) is 8.04. The van der Waals surface area contributed by atoms with Gasteiger partial charge in [0.05, 0.1) is 18.6 Å². The number of rotatable bonds is 2. The molecule has 5 heteroatoms. The molecule has 0 aromatic carbocycles. The molecule has 1 aliphatic carbocycles. The van der Waals surface area contributed by atoms with Crippen LogP contribution in [0.4, 0.5) is 4.79 Å². The summed E-state index contributed by atoms with van der Waals surface area (Å²) in [4.78, 5) is 13.5. The first kappa shape index (κ1) is 12.6. The molecule has 0 N–H and O–H groups in total. The molecule has 17 heavy (non-hydrogen) atoms. The van der Waals surface area contributed by atoms with Crippen molar-refractivity contribution in [2.24, 2.45) is 11.3 Å². The highest BCUT2D eigenvalue weighted by Gasteiger charge is 2.39. The molecule has 1 heterocycles. The van der Waals surface area contributed by atoms with E-state index in [-0.39, 0.29) is 22.7 Å². The minimum atomic E-state index is -0.256. The second-order valence-electron chi connectivity index (χ2n) is 5.40. The molecule has 2 fully saturated rings. The molecule has 2 unspecified atom stereocenters. The Morgan fingerprint density at radius 3 is 2.88 bits per heavy atom. The molecule has 1 amide bonds. The van der Waals surface area contributed by atoms with Crippen LogP contribution >= 0.6 is 12.6 Å². The third-order valence-electron chi connectivity index (χ3n) is 3.65. The van der Waals surface area contributed by atoms with Crippen molar-refractivity contribution in [3.63, 3.8) is 0 Å². The maximum Gasteiger partial charge on any atom is 0.409 e. The van der Waals surface area contributed by atoms with E-state index in [0.717, 1.165) is 12.8 Å². The quantitative estimate of drug-likeness (QED) is 0.767. The molecule has 0 bridgehead atoms. The number of piperidine rings is 1. The van der Waals surface area contributed by atoms with Crippen LogP contribution in [-0.2, 0) is 4.74 Å². The lowest BCUT2D eigenvalue weighted by atomic mass is 9.98. The molecule has 0 radical (unpaired) electrons. The lowest BCUT2D eigenvalue weighted by molar-refractivity contribution is 0.0779. The zero-order valence-electron chi connectivity index (χ0n) is 10.1.